The first-order chi connectivity index (χ1) is 10.9. The Balaban J connectivity index is 1.61. The summed E-state index contributed by atoms with van der Waals surface area (Å²) in [5.41, 5.74) is 7.19. The van der Waals surface area contributed by atoms with Crippen molar-refractivity contribution >= 4 is 10.8 Å². The number of ether oxygens (including phenoxy) is 1. The summed E-state index contributed by atoms with van der Waals surface area (Å²) in [6.45, 7) is 1.32. The molecule has 0 fully saturated rings. The smallest absolute Gasteiger partial charge is 0.119 e. The lowest BCUT2D eigenvalue weighted by molar-refractivity contribution is 0.298. The molecular formula is C20H21NO. The van der Waals surface area contributed by atoms with E-state index in [2.05, 4.69) is 54.6 Å². The number of fused-ring (bicyclic) bond motifs is 1. The predicted molar refractivity (Wildman–Crippen MR) is 92.3 cm³/mol. The van der Waals surface area contributed by atoms with Gasteiger partial charge in [-0.2, -0.15) is 0 Å². The summed E-state index contributed by atoms with van der Waals surface area (Å²) in [5.74, 6) is 1.27. The SMILES string of the molecule is NCC(CCOc1ccc2ccccc2c1)c1ccccc1. The molecule has 0 amide bonds. The normalized spacial score (nSPS) is 12.2. The van der Waals surface area contributed by atoms with Crippen molar-refractivity contribution in [3.05, 3.63) is 78.4 Å². The lowest BCUT2D eigenvalue weighted by Gasteiger charge is -2.15. The Morgan fingerprint density at radius 2 is 1.55 bits per heavy atom. The van der Waals surface area contributed by atoms with Crippen LogP contribution in [0.25, 0.3) is 10.8 Å². The van der Waals surface area contributed by atoms with Crippen molar-refractivity contribution in [2.75, 3.05) is 13.2 Å². The molecule has 22 heavy (non-hydrogen) atoms. The number of benzene rings is 3. The van der Waals surface area contributed by atoms with Gasteiger partial charge in [0.2, 0.25) is 0 Å². The first-order valence-electron chi connectivity index (χ1n) is 7.73. The lowest BCUT2D eigenvalue weighted by Crippen LogP contribution is -2.15. The van der Waals surface area contributed by atoms with Crippen LogP contribution in [0.2, 0.25) is 0 Å². The van der Waals surface area contributed by atoms with E-state index in [0.29, 0.717) is 19.1 Å². The molecule has 0 bridgehead atoms. The highest BCUT2D eigenvalue weighted by Gasteiger charge is 2.09. The van der Waals surface area contributed by atoms with Crippen LogP contribution < -0.4 is 10.5 Å². The molecule has 2 nitrogen and oxygen atoms in total. The lowest BCUT2D eigenvalue weighted by atomic mass is 9.96. The monoisotopic (exact) mass is 291 g/mol. The Morgan fingerprint density at radius 3 is 2.32 bits per heavy atom. The van der Waals surface area contributed by atoms with Gasteiger partial charge in [0, 0.05) is 0 Å². The second-order valence-corrected chi connectivity index (χ2v) is 5.49. The van der Waals surface area contributed by atoms with Gasteiger partial charge in [-0.25, -0.2) is 0 Å². The molecule has 3 aromatic rings. The molecule has 0 aromatic heterocycles. The topological polar surface area (TPSA) is 35.2 Å². The van der Waals surface area contributed by atoms with Crippen molar-refractivity contribution in [2.24, 2.45) is 5.73 Å². The predicted octanol–water partition coefficient (Wildman–Crippen LogP) is 4.35. The van der Waals surface area contributed by atoms with Gasteiger partial charge in [-0.05, 0) is 47.4 Å². The fourth-order valence-corrected chi connectivity index (χ4v) is 2.72. The Kier molecular flexibility index (Phi) is 4.71. The largest absolute Gasteiger partial charge is 0.494 e. The average Bonchev–Trinajstić information content (AvgIpc) is 2.59. The van der Waals surface area contributed by atoms with Crippen LogP contribution in [-0.2, 0) is 0 Å². The second-order valence-electron chi connectivity index (χ2n) is 5.49. The van der Waals surface area contributed by atoms with Crippen LogP contribution in [0.3, 0.4) is 0 Å². The first kappa shape index (κ1) is 14.6. The molecule has 0 heterocycles. The number of nitrogens with two attached hydrogens (primary N) is 1. The Labute approximate surface area is 131 Å². The minimum Gasteiger partial charge on any atom is -0.494 e. The maximum atomic E-state index is 5.91. The van der Waals surface area contributed by atoms with Crippen LogP contribution in [0.4, 0.5) is 0 Å². The molecule has 3 rings (SSSR count). The second kappa shape index (κ2) is 7.10. The highest BCUT2D eigenvalue weighted by Crippen LogP contribution is 2.22. The van der Waals surface area contributed by atoms with Crippen LogP contribution >= 0.6 is 0 Å². The molecule has 0 aliphatic rings. The van der Waals surface area contributed by atoms with Gasteiger partial charge in [-0.1, -0.05) is 60.7 Å². The maximum absolute atomic E-state index is 5.91. The van der Waals surface area contributed by atoms with E-state index in [1.165, 1.54) is 16.3 Å². The minimum absolute atomic E-state index is 0.349. The van der Waals surface area contributed by atoms with Gasteiger partial charge in [0.05, 0.1) is 6.61 Å². The highest BCUT2D eigenvalue weighted by atomic mass is 16.5. The van der Waals surface area contributed by atoms with Gasteiger partial charge in [0.25, 0.3) is 0 Å². The van der Waals surface area contributed by atoms with Crippen LogP contribution in [0, 0.1) is 0 Å². The van der Waals surface area contributed by atoms with E-state index in [-0.39, 0.29) is 0 Å². The minimum atomic E-state index is 0.349. The summed E-state index contributed by atoms with van der Waals surface area (Å²) < 4.78 is 5.91. The van der Waals surface area contributed by atoms with Crippen LogP contribution in [0.5, 0.6) is 5.75 Å². The van der Waals surface area contributed by atoms with Gasteiger partial charge in [0.1, 0.15) is 5.75 Å². The number of hydrogen-bond donors (Lipinski definition) is 1. The molecule has 0 saturated heterocycles. The summed E-state index contributed by atoms with van der Waals surface area (Å²) >= 11 is 0. The van der Waals surface area contributed by atoms with Crippen molar-refractivity contribution in [2.45, 2.75) is 12.3 Å². The van der Waals surface area contributed by atoms with Crippen molar-refractivity contribution < 1.29 is 4.74 Å². The van der Waals surface area contributed by atoms with Crippen molar-refractivity contribution in [1.82, 2.24) is 0 Å². The summed E-state index contributed by atoms with van der Waals surface area (Å²) in [5, 5.41) is 2.44. The Morgan fingerprint density at radius 1 is 0.818 bits per heavy atom. The van der Waals surface area contributed by atoms with Gasteiger partial charge in [0.15, 0.2) is 0 Å². The fourth-order valence-electron chi connectivity index (χ4n) is 2.72. The van der Waals surface area contributed by atoms with Gasteiger partial charge in [-0.15, -0.1) is 0 Å². The van der Waals surface area contributed by atoms with E-state index in [1.807, 2.05) is 18.2 Å². The molecule has 0 aliphatic carbocycles. The van der Waals surface area contributed by atoms with Crippen molar-refractivity contribution in [1.29, 1.82) is 0 Å². The van der Waals surface area contributed by atoms with Crippen LogP contribution in [-0.4, -0.2) is 13.2 Å². The van der Waals surface area contributed by atoms with Crippen molar-refractivity contribution in [3.8, 4) is 5.75 Å². The zero-order chi connectivity index (χ0) is 15.2. The fraction of sp³-hybridized carbons (Fsp3) is 0.200. The molecule has 3 aromatic carbocycles. The zero-order valence-corrected chi connectivity index (χ0v) is 12.6. The molecule has 0 radical (unpaired) electrons. The van der Waals surface area contributed by atoms with E-state index >= 15 is 0 Å². The van der Waals surface area contributed by atoms with E-state index in [9.17, 15) is 0 Å². The van der Waals surface area contributed by atoms with Crippen LogP contribution in [0.15, 0.2) is 72.8 Å². The van der Waals surface area contributed by atoms with E-state index in [0.717, 1.165) is 12.2 Å². The molecule has 1 unspecified atom stereocenters. The quantitative estimate of drug-likeness (QED) is 0.732. The molecule has 2 N–H and O–H groups in total. The summed E-state index contributed by atoms with van der Waals surface area (Å²) in [6, 6.07) is 24.9. The summed E-state index contributed by atoms with van der Waals surface area (Å²) in [4.78, 5) is 0. The van der Waals surface area contributed by atoms with E-state index in [4.69, 9.17) is 10.5 Å². The Bertz CT molecular complexity index is 724. The molecular weight excluding hydrogens is 270 g/mol. The molecule has 2 heteroatoms. The average molecular weight is 291 g/mol. The standard InChI is InChI=1S/C20H21NO/c21-15-19(16-6-2-1-3-7-16)12-13-22-20-11-10-17-8-4-5-9-18(17)14-20/h1-11,14,19H,12-13,15,21H2. The molecule has 112 valence electrons. The molecule has 0 saturated carbocycles. The Hall–Kier alpha value is -2.32. The number of hydrogen-bond acceptors (Lipinski definition) is 2. The highest BCUT2D eigenvalue weighted by molar-refractivity contribution is 5.83. The number of rotatable bonds is 6. The maximum Gasteiger partial charge on any atom is 0.119 e. The first-order valence-corrected chi connectivity index (χ1v) is 7.73. The molecule has 0 aliphatic heterocycles. The zero-order valence-electron chi connectivity index (χ0n) is 12.6. The molecule has 0 spiro atoms. The third kappa shape index (κ3) is 3.46. The van der Waals surface area contributed by atoms with Crippen molar-refractivity contribution in [3.63, 3.8) is 0 Å². The van der Waals surface area contributed by atoms with Gasteiger partial charge < -0.3 is 10.5 Å². The summed E-state index contributed by atoms with van der Waals surface area (Å²) in [7, 11) is 0. The van der Waals surface area contributed by atoms with Crippen LogP contribution in [0.1, 0.15) is 17.9 Å². The summed E-state index contributed by atoms with van der Waals surface area (Å²) in [6.07, 6.45) is 0.924. The molecule has 1 atom stereocenters. The van der Waals surface area contributed by atoms with E-state index < -0.39 is 0 Å². The van der Waals surface area contributed by atoms with Gasteiger partial charge >= 0.3 is 0 Å². The third-order valence-electron chi connectivity index (χ3n) is 4.01. The third-order valence-corrected chi connectivity index (χ3v) is 4.01. The van der Waals surface area contributed by atoms with E-state index in [1.54, 1.807) is 0 Å². The van der Waals surface area contributed by atoms with Gasteiger partial charge in [-0.3, -0.25) is 0 Å².